The largest absolute Gasteiger partial charge is 0.468 e. The molecule has 14 heavy (non-hydrogen) atoms. The minimum absolute atomic E-state index is 0.766. The summed E-state index contributed by atoms with van der Waals surface area (Å²) < 4.78 is 5.45. The zero-order valence-corrected chi connectivity index (χ0v) is 8.92. The van der Waals surface area contributed by atoms with E-state index < -0.39 is 0 Å². The number of nitrogens with zero attached hydrogens (tertiary/aromatic N) is 1. The van der Waals surface area contributed by atoms with Crippen molar-refractivity contribution in [1.29, 1.82) is 0 Å². The number of furan rings is 1. The first-order valence-corrected chi connectivity index (χ1v) is 5.18. The highest BCUT2D eigenvalue weighted by molar-refractivity contribution is 5.12. The van der Waals surface area contributed by atoms with Crippen LogP contribution in [0.2, 0.25) is 0 Å². The van der Waals surface area contributed by atoms with Gasteiger partial charge in [0.2, 0.25) is 0 Å². The first-order chi connectivity index (χ1) is 6.74. The molecule has 0 radical (unpaired) electrons. The highest BCUT2D eigenvalue weighted by Crippen LogP contribution is 2.19. The first kappa shape index (κ1) is 9.74. The molecule has 3 heteroatoms. The molecule has 1 saturated carbocycles. The summed E-state index contributed by atoms with van der Waals surface area (Å²) in [5.41, 5.74) is 1.26. The average Bonchev–Trinajstić information content (AvgIpc) is 2.84. The van der Waals surface area contributed by atoms with Crippen LogP contribution in [-0.2, 0) is 13.1 Å². The van der Waals surface area contributed by atoms with E-state index in [0.717, 1.165) is 24.9 Å². The summed E-state index contributed by atoms with van der Waals surface area (Å²) in [6.45, 7) is 1.82. The lowest BCUT2D eigenvalue weighted by Gasteiger charge is -2.05. The first-order valence-electron chi connectivity index (χ1n) is 5.18. The third-order valence-corrected chi connectivity index (χ3v) is 2.35. The lowest BCUT2D eigenvalue weighted by molar-refractivity contribution is 0.350. The van der Waals surface area contributed by atoms with Gasteiger partial charge < -0.3 is 14.6 Å². The summed E-state index contributed by atoms with van der Waals surface area (Å²) in [6, 6.07) is 2.90. The van der Waals surface area contributed by atoms with Crippen LogP contribution in [0.1, 0.15) is 24.2 Å². The van der Waals surface area contributed by atoms with E-state index in [1.807, 2.05) is 20.4 Å². The van der Waals surface area contributed by atoms with E-state index in [1.165, 1.54) is 18.4 Å². The molecule has 1 N–H and O–H groups in total. The van der Waals surface area contributed by atoms with Gasteiger partial charge in [0.1, 0.15) is 5.76 Å². The Bertz CT molecular complexity index is 289. The third-order valence-electron chi connectivity index (χ3n) is 2.35. The van der Waals surface area contributed by atoms with Gasteiger partial charge in [-0.15, -0.1) is 0 Å². The highest BCUT2D eigenvalue weighted by Gasteiger charge is 2.20. The summed E-state index contributed by atoms with van der Waals surface area (Å²) in [4.78, 5) is 2.11. The van der Waals surface area contributed by atoms with Crippen molar-refractivity contribution >= 4 is 0 Å². The predicted octanol–water partition coefficient (Wildman–Crippen LogP) is 1.59. The summed E-state index contributed by atoms with van der Waals surface area (Å²) in [5.74, 6) is 1.04. The average molecular weight is 194 g/mol. The van der Waals surface area contributed by atoms with Crippen LogP contribution in [0, 0.1) is 0 Å². The molecule has 1 aliphatic carbocycles. The fraction of sp³-hybridized carbons (Fsp3) is 0.636. The lowest BCUT2D eigenvalue weighted by Crippen LogP contribution is -2.14. The molecule has 1 aromatic heterocycles. The minimum atomic E-state index is 0.766. The molecular weight excluding hydrogens is 176 g/mol. The Morgan fingerprint density at radius 3 is 2.93 bits per heavy atom. The van der Waals surface area contributed by atoms with Crippen molar-refractivity contribution in [3.63, 3.8) is 0 Å². The van der Waals surface area contributed by atoms with Gasteiger partial charge in [-0.2, -0.15) is 0 Å². The molecule has 1 heterocycles. The highest BCUT2D eigenvalue weighted by atomic mass is 16.3. The molecule has 0 spiro atoms. The van der Waals surface area contributed by atoms with Crippen LogP contribution in [0.5, 0.6) is 0 Å². The molecule has 0 aliphatic heterocycles. The molecule has 0 aromatic carbocycles. The van der Waals surface area contributed by atoms with E-state index in [-0.39, 0.29) is 0 Å². The van der Waals surface area contributed by atoms with Crippen LogP contribution in [-0.4, -0.2) is 25.0 Å². The zero-order valence-electron chi connectivity index (χ0n) is 8.92. The number of rotatable bonds is 5. The van der Waals surface area contributed by atoms with Gasteiger partial charge in [-0.3, -0.25) is 0 Å². The van der Waals surface area contributed by atoms with Gasteiger partial charge in [0, 0.05) is 18.2 Å². The number of nitrogens with one attached hydrogen (secondary N) is 1. The summed E-state index contributed by atoms with van der Waals surface area (Å²) >= 11 is 0. The third kappa shape index (κ3) is 2.86. The maximum atomic E-state index is 5.45. The van der Waals surface area contributed by atoms with E-state index in [2.05, 4.69) is 16.3 Å². The van der Waals surface area contributed by atoms with Crippen molar-refractivity contribution in [2.45, 2.75) is 32.0 Å². The van der Waals surface area contributed by atoms with Gasteiger partial charge in [0.15, 0.2) is 0 Å². The molecular formula is C11H18N2O. The quantitative estimate of drug-likeness (QED) is 0.771. The normalized spacial score (nSPS) is 16.5. The van der Waals surface area contributed by atoms with Crippen molar-refractivity contribution in [1.82, 2.24) is 10.2 Å². The van der Waals surface area contributed by atoms with Crippen molar-refractivity contribution < 1.29 is 4.42 Å². The standard InChI is InChI=1S/C11H18N2O/c1-13(2)7-11-5-9(8-14-11)6-12-10-3-4-10/h5,8,10,12H,3-4,6-7H2,1-2H3. The topological polar surface area (TPSA) is 28.4 Å². The Morgan fingerprint density at radius 2 is 2.29 bits per heavy atom. The van der Waals surface area contributed by atoms with E-state index in [0.29, 0.717) is 0 Å². The monoisotopic (exact) mass is 194 g/mol. The summed E-state index contributed by atoms with van der Waals surface area (Å²) in [7, 11) is 4.09. The van der Waals surface area contributed by atoms with Gasteiger partial charge in [0.05, 0.1) is 12.8 Å². The van der Waals surface area contributed by atoms with Crippen LogP contribution in [0.3, 0.4) is 0 Å². The molecule has 2 rings (SSSR count). The number of hydrogen-bond donors (Lipinski definition) is 1. The molecule has 78 valence electrons. The molecule has 0 saturated heterocycles. The zero-order chi connectivity index (χ0) is 9.97. The molecule has 0 bridgehead atoms. The molecule has 3 nitrogen and oxygen atoms in total. The van der Waals surface area contributed by atoms with Gasteiger partial charge in [-0.05, 0) is 33.0 Å². The van der Waals surface area contributed by atoms with E-state index in [1.54, 1.807) is 0 Å². The van der Waals surface area contributed by atoms with Crippen molar-refractivity contribution in [3.8, 4) is 0 Å². The summed E-state index contributed by atoms with van der Waals surface area (Å²) in [5, 5.41) is 3.47. The van der Waals surface area contributed by atoms with Gasteiger partial charge in [0.25, 0.3) is 0 Å². The van der Waals surface area contributed by atoms with Gasteiger partial charge in [-0.1, -0.05) is 0 Å². The lowest BCUT2D eigenvalue weighted by atomic mass is 10.3. The van der Waals surface area contributed by atoms with Gasteiger partial charge >= 0.3 is 0 Å². The fourth-order valence-electron chi connectivity index (χ4n) is 1.46. The molecule has 1 aromatic rings. The van der Waals surface area contributed by atoms with Crippen molar-refractivity contribution in [2.24, 2.45) is 0 Å². The second-order valence-corrected chi connectivity index (χ2v) is 4.31. The summed E-state index contributed by atoms with van der Waals surface area (Å²) in [6.07, 6.45) is 4.53. The van der Waals surface area contributed by atoms with E-state index >= 15 is 0 Å². The van der Waals surface area contributed by atoms with Crippen LogP contribution >= 0.6 is 0 Å². The molecule has 0 atom stereocenters. The Morgan fingerprint density at radius 1 is 1.50 bits per heavy atom. The molecule has 0 unspecified atom stereocenters. The second kappa shape index (κ2) is 4.15. The predicted molar refractivity (Wildman–Crippen MR) is 56.0 cm³/mol. The van der Waals surface area contributed by atoms with Crippen LogP contribution < -0.4 is 5.32 Å². The Balaban J connectivity index is 1.81. The Kier molecular flexibility index (Phi) is 2.89. The SMILES string of the molecule is CN(C)Cc1cc(CNC2CC2)co1. The van der Waals surface area contributed by atoms with Crippen LogP contribution in [0.25, 0.3) is 0 Å². The van der Waals surface area contributed by atoms with E-state index in [9.17, 15) is 0 Å². The maximum absolute atomic E-state index is 5.45. The molecule has 1 fully saturated rings. The van der Waals surface area contributed by atoms with Crippen LogP contribution in [0.4, 0.5) is 0 Å². The molecule has 1 aliphatic rings. The Labute approximate surface area is 85.1 Å². The number of hydrogen-bond acceptors (Lipinski definition) is 3. The van der Waals surface area contributed by atoms with Gasteiger partial charge in [-0.25, -0.2) is 0 Å². The van der Waals surface area contributed by atoms with Crippen molar-refractivity contribution in [2.75, 3.05) is 14.1 Å². The fourth-order valence-corrected chi connectivity index (χ4v) is 1.46. The van der Waals surface area contributed by atoms with Crippen LogP contribution in [0.15, 0.2) is 16.7 Å². The maximum Gasteiger partial charge on any atom is 0.118 e. The molecule has 0 amide bonds. The minimum Gasteiger partial charge on any atom is -0.468 e. The Hall–Kier alpha value is -0.800. The van der Waals surface area contributed by atoms with Crippen molar-refractivity contribution in [3.05, 3.63) is 23.7 Å². The second-order valence-electron chi connectivity index (χ2n) is 4.31. The van der Waals surface area contributed by atoms with E-state index in [4.69, 9.17) is 4.42 Å². The smallest absolute Gasteiger partial charge is 0.118 e.